The second-order valence-corrected chi connectivity index (χ2v) is 7.43. The first-order valence-corrected chi connectivity index (χ1v) is 12.2. The van der Waals surface area contributed by atoms with Gasteiger partial charge in [-0.2, -0.15) is 0 Å². The molecule has 240 valence electrons. The summed E-state index contributed by atoms with van der Waals surface area (Å²) in [6, 6.07) is 0. The number of rotatable bonds is 20. The molecule has 0 saturated heterocycles. The quantitative estimate of drug-likeness (QED) is 0.0662. The monoisotopic (exact) mass is 619 g/mol. The van der Waals surface area contributed by atoms with E-state index in [-0.39, 0.29) is 38.9 Å². The van der Waals surface area contributed by atoms with Crippen LogP contribution in [-0.4, -0.2) is 108 Å². The Kier molecular flexibility index (Phi) is 20.4. The van der Waals surface area contributed by atoms with Crippen LogP contribution in [0.1, 0.15) is 19.3 Å². The van der Waals surface area contributed by atoms with Crippen molar-refractivity contribution in [1.82, 2.24) is 16.0 Å². The van der Waals surface area contributed by atoms with Gasteiger partial charge in [-0.1, -0.05) is 13.2 Å². The highest BCUT2D eigenvalue weighted by Gasteiger charge is 2.20. The van der Waals surface area contributed by atoms with Crippen LogP contribution < -0.4 is 16.0 Å². The van der Waals surface area contributed by atoms with E-state index in [1.54, 1.807) is 0 Å². The Morgan fingerprint density at radius 1 is 0.581 bits per heavy atom. The highest BCUT2D eigenvalue weighted by molar-refractivity contribution is 5.81. The molecule has 0 rings (SSSR count). The molecule has 0 spiro atoms. The number of alkyl carbamates (subject to hydrolysis) is 3. The van der Waals surface area contributed by atoms with Crippen LogP contribution in [0, 0.1) is 0 Å². The second-order valence-electron chi connectivity index (χ2n) is 7.43. The molecule has 0 radical (unpaired) electrons. The zero-order valence-electron chi connectivity index (χ0n) is 23.2. The lowest BCUT2D eigenvalue weighted by Gasteiger charge is -2.18. The predicted molar refractivity (Wildman–Crippen MR) is 137 cm³/mol. The van der Waals surface area contributed by atoms with Gasteiger partial charge < -0.3 is 53.8 Å². The van der Waals surface area contributed by atoms with Crippen molar-refractivity contribution in [3.05, 3.63) is 25.3 Å². The van der Waals surface area contributed by atoms with Crippen molar-refractivity contribution in [2.75, 3.05) is 53.5 Å². The third-order valence-corrected chi connectivity index (χ3v) is 4.26. The Balaban J connectivity index is 4.67. The van der Waals surface area contributed by atoms with Gasteiger partial charge >= 0.3 is 48.1 Å². The average molecular weight is 620 g/mol. The minimum Gasteiger partial charge on any atom is -0.462 e. The maximum Gasteiger partial charge on any atom is 0.410 e. The summed E-state index contributed by atoms with van der Waals surface area (Å²) in [6.07, 6.45) is -3.28. The van der Waals surface area contributed by atoms with Gasteiger partial charge in [0, 0.05) is 31.8 Å². The molecule has 0 saturated carbocycles. The smallest absolute Gasteiger partial charge is 0.410 e. The number of amides is 3. The largest absolute Gasteiger partial charge is 0.462 e. The van der Waals surface area contributed by atoms with Crippen LogP contribution in [0.2, 0.25) is 0 Å². The summed E-state index contributed by atoms with van der Waals surface area (Å²) < 4.78 is 37.5. The third-order valence-electron chi connectivity index (χ3n) is 4.26. The number of esters is 5. The van der Waals surface area contributed by atoms with Crippen molar-refractivity contribution in [3.8, 4) is 0 Å². The van der Waals surface area contributed by atoms with Crippen molar-refractivity contribution >= 4 is 48.1 Å². The minimum atomic E-state index is -1.29. The standard InChI is InChI=1S/C24H33N3O16/c1-4-17(28)39-14-41-20(31)7-10-26-23(34)38-13-16(12-37-19(30)6-9-25-22(33)36-3)43-21(32)8-11-27-24(35)42-15-40-18(29)5-2/h4-5,16H,1-2,6-15H2,3H3,(H,25,33)(H,26,34)(H,27,35). The second kappa shape index (κ2) is 23.4. The summed E-state index contributed by atoms with van der Waals surface area (Å²) in [4.78, 5) is 92.0. The van der Waals surface area contributed by atoms with Gasteiger partial charge in [-0.3, -0.25) is 14.4 Å². The van der Waals surface area contributed by atoms with Crippen molar-refractivity contribution in [2.24, 2.45) is 0 Å². The van der Waals surface area contributed by atoms with E-state index >= 15 is 0 Å². The SMILES string of the molecule is C=CC(=O)OCOC(=O)CCNC(=O)OCC(COC(=O)CCNC(=O)OC)OC(=O)CCNC(=O)OCOC(=O)C=C. The fourth-order valence-electron chi connectivity index (χ4n) is 2.25. The van der Waals surface area contributed by atoms with E-state index in [9.17, 15) is 38.4 Å². The number of hydrogen-bond donors (Lipinski definition) is 3. The first-order chi connectivity index (χ1) is 20.5. The lowest BCUT2D eigenvalue weighted by molar-refractivity contribution is -0.164. The maximum absolute atomic E-state index is 12.2. The Hall–Kier alpha value is -5.36. The molecule has 0 heterocycles. The normalized spacial score (nSPS) is 10.3. The topological polar surface area (TPSA) is 246 Å². The molecule has 0 aromatic rings. The fraction of sp³-hybridized carbons (Fsp3) is 0.500. The fourth-order valence-corrected chi connectivity index (χ4v) is 2.25. The summed E-state index contributed by atoms with van der Waals surface area (Å²) in [7, 11) is 1.14. The summed E-state index contributed by atoms with van der Waals surface area (Å²) in [5, 5.41) is 6.70. The Morgan fingerprint density at radius 3 is 1.56 bits per heavy atom. The van der Waals surface area contributed by atoms with Gasteiger partial charge in [0.25, 0.3) is 0 Å². The molecule has 3 amide bonds. The molecule has 0 aliphatic carbocycles. The summed E-state index contributed by atoms with van der Waals surface area (Å²) in [5.74, 6) is -4.09. The number of ether oxygens (including phenoxy) is 8. The molecule has 19 heteroatoms. The van der Waals surface area contributed by atoms with Gasteiger partial charge in [-0.25, -0.2) is 24.0 Å². The van der Waals surface area contributed by atoms with E-state index < -0.39 is 81.0 Å². The molecule has 43 heavy (non-hydrogen) atoms. The van der Waals surface area contributed by atoms with E-state index in [1.165, 1.54) is 0 Å². The van der Waals surface area contributed by atoms with Gasteiger partial charge in [-0.05, 0) is 0 Å². The molecule has 0 aliphatic rings. The van der Waals surface area contributed by atoms with Crippen molar-refractivity contribution in [1.29, 1.82) is 0 Å². The summed E-state index contributed by atoms with van der Waals surface area (Å²) in [5.41, 5.74) is 0. The number of methoxy groups -OCH3 is 1. The molecule has 3 N–H and O–H groups in total. The maximum atomic E-state index is 12.2. The van der Waals surface area contributed by atoms with E-state index in [1.807, 2.05) is 0 Å². The first kappa shape index (κ1) is 37.6. The minimum absolute atomic E-state index is 0.109. The summed E-state index contributed by atoms with van der Waals surface area (Å²) >= 11 is 0. The van der Waals surface area contributed by atoms with E-state index in [0.29, 0.717) is 0 Å². The van der Waals surface area contributed by atoms with E-state index in [4.69, 9.17) is 14.2 Å². The number of carbonyl (C=O) groups is 8. The summed E-state index contributed by atoms with van der Waals surface area (Å²) in [6.45, 7) is 3.28. The zero-order valence-corrected chi connectivity index (χ0v) is 23.2. The van der Waals surface area contributed by atoms with E-state index in [2.05, 4.69) is 52.8 Å². The zero-order chi connectivity index (χ0) is 32.5. The number of hydrogen-bond acceptors (Lipinski definition) is 16. The van der Waals surface area contributed by atoms with Gasteiger partial charge in [0.1, 0.15) is 13.2 Å². The molecule has 0 bridgehead atoms. The van der Waals surface area contributed by atoms with Crippen LogP contribution in [0.25, 0.3) is 0 Å². The first-order valence-electron chi connectivity index (χ1n) is 12.2. The lowest BCUT2D eigenvalue weighted by Crippen LogP contribution is -2.35. The van der Waals surface area contributed by atoms with Crippen LogP contribution in [-0.2, 0) is 61.9 Å². The Labute approximate surface area is 245 Å². The van der Waals surface area contributed by atoms with Crippen molar-refractivity contribution in [2.45, 2.75) is 25.4 Å². The highest BCUT2D eigenvalue weighted by Crippen LogP contribution is 2.01. The Bertz CT molecular complexity index is 999. The van der Waals surface area contributed by atoms with Crippen molar-refractivity contribution < 1.29 is 76.3 Å². The van der Waals surface area contributed by atoms with Crippen molar-refractivity contribution in [3.63, 3.8) is 0 Å². The third kappa shape index (κ3) is 22.1. The van der Waals surface area contributed by atoms with Crippen LogP contribution in [0.5, 0.6) is 0 Å². The van der Waals surface area contributed by atoms with Gasteiger partial charge in [-0.15, -0.1) is 0 Å². The van der Waals surface area contributed by atoms with Crippen LogP contribution in [0.3, 0.4) is 0 Å². The molecule has 0 aromatic heterocycles. The predicted octanol–water partition coefficient (Wildman–Crippen LogP) is -0.663. The molecule has 1 unspecified atom stereocenters. The molecule has 0 fully saturated rings. The molecule has 0 aliphatic heterocycles. The molecule has 0 aromatic carbocycles. The molecule has 1 atom stereocenters. The van der Waals surface area contributed by atoms with Gasteiger partial charge in [0.05, 0.1) is 26.4 Å². The average Bonchev–Trinajstić information content (AvgIpc) is 2.97. The number of nitrogens with one attached hydrogen (secondary N) is 3. The van der Waals surface area contributed by atoms with E-state index in [0.717, 1.165) is 19.3 Å². The number of carbonyl (C=O) groups excluding carboxylic acids is 8. The lowest BCUT2D eigenvalue weighted by atomic mass is 10.3. The Morgan fingerprint density at radius 2 is 1.02 bits per heavy atom. The van der Waals surface area contributed by atoms with Gasteiger partial charge in [0.15, 0.2) is 6.10 Å². The molecular weight excluding hydrogens is 586 g/mol. The molecule has 19 nitrogen and oxygen atoms in total. The van der Waals surface area contributed by atoms with Crippen LogP contribution in [0.15, 0.2) is 25.3 Å². The highest BCUT2D eigenvalue weighted by atomic mass is 16.7. The van der Waals surface area contributed by atoms with Gasteiger partial charge in [0.2, 0.25) is 13.6 Å². The molecular formula is C24H33N3O16. The van der Waals surface area contributed by atoms with Crippen LogP contribution >= 0.6 is 0 Å². The van der Waals surface area contributed by atoms with Crippen LogP contribution in [0.4, 0.5) is 14.4 Å².